The Labute approximate surface area is 69.1 Å². The first-order valence-electron chi connectivity index (χ1n) is 4.27. The molecule has 1 heterocycles. The Kier molecular flexibility index (Phi) is 2.68. The highest BCUT2D eigenvalue weighted by Gasteiger charge is 2.28. The molecule has 0 saturated carbocycles. The predicted molar refractivity (Wildman–Crippen MR) is 48.7 cm³/mol. The first-order chi connectivity index (χ1) is 5.16. The van der Waals surface area contributed by atoms with Gasteiger partial charge in [-0.2, -0.15) is 0 Å². The molecule has 0 amide bonds. The van der Waals surface area contributed by atoms with Crippen LogP contribution >= 0.6 is 0 Å². The van der Waals surface area contributed by atoms with Crippen LogP contribution in [0.1, 0.15) is 20.3 Å². The minimum atomic E-state index is 0.285. The SMILES string of the molecule is C=CC(C)NC1(C)CCNC1. The van der Waals surface area contributed by atoms with Gasteiger partial charge in [-0.05, 0) is 26.8 Å². The highest BCUT2D eigenvalue weighted by Crippen LogP contribution is 2.13. The highest BCUT2D eigenvalue weighted by molar-refractivity contribution is 4.96. The Bertz CT molecular complexity index is 136. The molecule has 2 N–H and O–H groups in total. The Morgan fingerprint density at radius 2 is 2.45 bits per heavy atom. The van der Waals surface area contributed by atoms with Gasteiger partial charge in [0.05, 0.1) is 0 Å². The Hall–Kier alpha value is -0.340. The molecule has 1 aliphatic rings. The minimum Gasteiger partial charge on any atom is -0.315 e. The van der Waals surface area contributed by atoms with E-state index in [1.165, 1.54) is 6.42 Å². The van der Waals surface area contributed by atoms with Crippen molar-refractivity contribution in [2.45, 2.75) is 31.8 Å². The van der Waals surface area contributed by atoms with Crippen LogP contribution in [0.2, 0.25) is 0 Å². The molecule has 0 aromatic carbocycles. The van der Waals surface area contributed by atoms with E-state index in [0.29, 0.717) is 6.04 Å². The molecule has 1 aliphatic heterocycles. The van der Waals surface area contributed by atoms with Gasteiger partial charge in [0.15, 0.2) is 0 Å². The maximum Gasteiger partial charge on any atom is 0.0295 e. The topological polar surface area (TPSA) is 24.1 Å². The number of rotatable bonds is 3. The molecule has 0 radical (unpaired) electrons. The van der Waals surface area contributed by atoms with E-state index < -0.39 is 0 Å². The van der Waals surface area contributed by atoms with Gasteiger partial charge in [-0.25, -0.2) is 0 Å². The summed E-state index contributed by atoms with van der Waals surface area (Å²) in [5, 5.41) is 6.87. The third-order valence-electron chi connectivity index (χ3n) is 2.30. The van der Waals surface area contributed by atoms with Crippen LogP contribution in [-0.2, 0) is 0 Å². The maximum atomic E-state index is 3.75. The molecule has 0 aromatic heterocycles. The zero-order valence-electron chi connectivity index (χ0n) is 7.48. The molecular formula is C9H18N2. The Balaban J connectivity index is 2.39. The van der Waals surface area contributed by atoms with E-state index in [2.05, 4.69) is 31.1 Å². The molecule has 1 rings (SSSR count). The molecule has 2 unspecified atom stereocenters. The normalized spacial score (nSPS) is 33.6. The lowest BCUT2D eigenvalue weighted by molar-refractivity contribution is 0.369. The first-order valence-corrected chi connectivity index (χ1v) is 4.27. The standard InChI is InChI=1S/C9H18N2/c1-4-8(2)11-9(3)5-6-10-7-9/h4,8,10-11H,1,5-7H2,2-3H3. The van der Waals surface area contributed by atoms with Gasteiger partial charge in [0, 0.05) is 18.1 Å². The highest BCUT2D eigenvalue weighted by atomic mass is 15.1. The molecule has 1 fully saturated rings. The second kappa shape index (κ2) is 3.37. The molecule has 11 heavy (non-hydrogen) atoms. The zero-order chi connectivity index (χ0) is 8.32. The average Bonchev–Trinajstić information content (AvgIpc) is 2.36. The molecule has 0 aromatic rings. The molecule has 64 valence electrons. The van der Waals surface area contributed by atoms with Crippen LogP contribution < -0.4 is 10.6 Å². The largest absolute Gasteiger partial charge is 0.315 e. The summed E-state index contributed by atoms with van der Waals surface area (Å²) < 4.78 is 0. The van der Waals surface area contributed by atoms with Crippen molar-refractivity contribution < 1.29 is 0 Å². The summed E-state index contributed by atoms with van der Waals surface area (Å²) in [5.41, 5.74) is 0.285. The lowest BCUT2D eigenvalue weighted by Crippen LogP contribution is -2.47. The monoisotopic (exact) mass is 154 g/mol. The van der Waals surface area contributed by atoms with Crippen LogP contribution in [0.25, 0.3) is 0 Å². The quantitative estimate of drug-likeness (QED) is 0.590. The number of hydrogen-bond acceptors (Lipinski definition) is 2. The lowest BCUT2D eigenvalue weighted by atomic mass is 10.0. The summed E-state index contributed by atoms with van der Waals surface area (Å²) in [6, 6.07) is 0.417. The van der Waals surface area contributed by atoms with E-state index in [1.54, 1.807) is 0 Å². The minimum absolute atomic E-state index is 0.285. The average molecular weight is 154 g/mol. The van der Waals surface area contributed by atoms with Crippen LogP contribution in [0.5, 0.6) is 0 Å². The van der Waals surface area contributed by atoms with Crippen LogP contribution in [0.4, 0.5) is 0 Å². The number of hydrogen-bond donors (Lipinski definition) is 2. The fourth-order valence-corrected chi connectivity index (χ4v) is 1.55. The van der Waals surface area contributed by atoms with Crippen LogP contribution in [-0.4, -0.2) is 24.7 Å². The van der Waals surface area contributed by atoms with Crippen molar-refractivity contribution in [1.82, 2.24) is 10.6 Å². The van der Waals surface area contributed by atoms with Gasteiger partial charge in [0.25, 0.3) is 0 Å². The fraction of sp³-hybridized carbons (Fsp3) is 0.778. The first kappa shape index (κ1) is 8.75. The maximum absolute atomic E-state index is 3.75. The Morgan fingerprint density at radius 1 is 1.73 bits per heavy atom. The summed E-state index contributed by atoms with van der Waals surface area (Å²) in [4.78, 5) is 0. The third-order valence-corrected chi connectivity index (χ3v) is 2.30. The summed E-state index contributed by atoms with van der Waals surface area (Å²) in [5.74, 6) is 0. The van der Waals surface area contributed by atoms with Gasteiger partial charge in [-0.1, -0.05) is 6.08 Å². The molecule has 2 nitrogen and oxygen atoms in total. The van der Waals surface area contributed by atoms with E-state index in [1.807, 2.05) is 6.08 Å². The van der Waals surface area contributed by atoms with Crippen molar-refractivity contribution in [1.29, 1.82) is 0 Å². The van der Waals surface area contributed by atoms with Gasteiger partial charge in [-0.15, -0.1) is 6.58 Å². The summed E-state index contributed by atoms with van der Waals surface area (Å²) in [6.45, 7) is 10.4. The van der Waals surface area contributed by atoms with Gasteiger partial charge >= 0.3 is 0 Å². The molecule has 1 saturated heterocycles. The molecule has 0 bridgehead atoms. The summed E-state index contributed by atoms with van der Waals surface area (Å²) in [6.07, 6.45) is 3.16. The van der Waals surface area contributed by atoms with E-state index in [4.69, 9.17) is 0 Å². The van der Waals surface area contributed by atoms with Crippen LogP contribution in [0.15, 0.2) is 12.7 Å². The van der Waals surface area contributed by atoms with Gasteiger partial charge in [0.1, 0.15) is 0 Å². The van der Waals surface area contributed by atoms with Gasteiger partial charge < -0.3 is 10.6 Å². The van der Waals surface area contributed by atoms with Crippen molar-refractivity contribution in [2.75, 3.05) is 13.1 Å². The predicted octanol–water partition coefficient (Wildman–Crippen LogP) is 0.902. The molecule has 0 aliphatic carbocycles. The van der Waals surface area contributed by atoms with Crippen molar-refractivity contribution >= 4 is 0 Å². The van der Waals surface area contributed by atoms with Crippen molar-refractivity contribution in [2.24, 2.45) is 0 Å². The number of nitrogens with one attached hydrogen (secondary N) is 2. The molecule has 2 heteroatoms. The lowest BCUT2D eigenvalue weighted by Gasteiger charge is -2.27. The second-order valence-electron chi connectivity index (χ2n) is 3.66. The van der Waals surface area contributed by atoms with Crippen molar-refractivity contribution in [3.05, 3.63) is 12.7 Å². The molecule has 2 atom stereocenters. The van der Waals surface area contributed by atoms with Gasteiger partial charge in [-0.3, -0.25) is 0 Å². The van der Waals surface area contributed by atoms with Crippen LogP contribution in [0.3, 0.4) is 0 Å². The Morgan fingerprint density at radius 3 is 2.91 bits per heavy atom. The smallest absolute Gasteiger partial charge is 0.0295 e. The summed E-state index contributed by atoms with van der Waals surface area (Å²) >= 11 is 0. The van der Waals surface area contributed by atoms with E-state index >= 15 is 0 Å². The van der Waals surface area contributed by atoms with E-state index in [9.17, 15) is 0 Å². The zero-order valence-corrected chi connectivity index (χ0v) is 7.48. The third kappa shape index (κ3) is 2.31. The fourth-order valence-electron chi connectivity index (χ4n) is 1.55. The van der Waals surface area contributed by atoms with E-state index in [-0.39, 0.29) is 5.54 Å². The molecule has 0 spiro atoms. The van der Waals surface area contributed by atoms with Crippen molar-refractivity contribution in [3.8, 4) is 0 Å². The van der Waals surface area contributed by atoms with Crippen LogP contribution in [0, 0.1) is 0 Å². The van der Waals surface area contributed by atoms with Gasteiger partial charge in [0.2, 0.25) is 0 Å². The second-order valence-corrected chi connectivity index (χ2v) is 3.66. The summed E-state index contributed by atoms with van der Waals surface area (Å²) in [7, 11) is 0. The molecular weight excluding hydrogens is 136 g/mol. The van der Waals surface area contributed by atoms with Crippen molar-refractivity contribution in [3.63, 3.8) is 0 Å². The van der Waals surface area contributed by atoms with E-state index in [0.717, 1.165) is 13.1 Å².